The highest BCUT2D eigenvalue weighted by atomic mass is 15.1. The predicted octanol–water partition coefficient (Wildman–Crippen LogP) is 2.08. The van der Waals surface area contributed by atoms with Gasteiger partial charge in [-0.05, 0) is 26.4 Å². The van der Waals surface area contributed by atoms with Gasteiger partial charge in [0.1, 0.15) is 18.0 Å². The monoisotopic (exact) mass is 265 g/mol. The van der Waals surface area contributed by atoms with E-state index in [0.29, 0.717) is 12.0 Å². The zero-order chi connectivity index (χ0) is 14.4. The first-order chi connectivity index (χ1) is 8.99. The molecule has 2 N–H and O–H groups in total. The summed E-state index contributed by atoms with van der Waals surface area (Å²) in [5, 5.41) is 6.70. The van der Waals surface area contributed by atoms with Crippen molar-refractivity contribution >= 4 is 11.6 Å². The minimum atomic E-state index is 0.375. The standard InChI is InChI=1S/C14H27N5/c1-7-11-13(15-4)16-9-17-14(11)18-12(10(2)3)8-19(5)6/h9-10,12H,7-8H2,1-6H3,(H2,15,16,17,18). The Labute approximate surface area is 116 Å². The molecule has 1 rings (SSSR count). The van der Waals surface area contributed by atoms with E-state index in [0.717, 1.165) is 30.2 Å². The maximum absolute atomic E-state index is 4.41. The molecule has 0 amide bonds. The van der Waals surface area contributed by atoms with E-state index in [4.69, 9.17) is 0 Å². The summed E-state index contributed by atoms with van der Waals surface area (Å²) in [5.74, 6) is 2.40. The molecule has 1 heterocycles. The Kier molecular flexibility index (Phi) is 6.02. The van der Waals surface area contributed by atoms with Crippen molar-refractivity contribution in [2.45, 2.75) is 33.2 Å². The third-order valence-electron chi connectivity index (χ3n) is 3.22. The Morgan fingerprint density at radius 3 is 2.32 bits per heavy atom. The van der Waals surface area contributed by atoms with Crippen molar-refractivity contribution in [3.63, 3.8) is 0 Å². The smallest absolute Gasteiger partial charge is 0.134 e. The summed E-state index contributed by atoms with van der Waals surface area (Å²) in [4.78, 5) is 10.9. The molecule has 0 aliphatic rings. The Balaban J connectivity index is 2.95. The lowest BCUT2D eigenvalue weighted by Crippen LogP contribution is -2.37. The van der Waals surface area contributed by atoms with Crippen molar-refractivity contribution in [2.75, 3.05) is 38.3 Å². The van der Waals surface area contributed by atoms with Crippen molar-refractivity contribution in [1.29, 1.82) is 0 Å². The van der Waals surface area contributed by atoms with Crippen molar-refractivity contribution < 1.29 is 0 Å². The van der Waals surface area contributed by atoms with Crippen LogP contribution in [0.15, 0.2) is 6.33 Å². The highest BCUT2D eigenvalue weighted by Crippen LogP contribution is 2.22. The van der Waals surface area contributed by atoms with Crippen LogP contribution in [0.5, 0.6) is 0 Å². The van der Waals surface area contributed by atoms with Crippen LogP contribution in [0.3, 0.4) is 0 Å². The number of nitrogens with one attached hydrogen (secondary N) is 2. The Bertz CT molecular complexity index is 389. The average molecular weight is 265 g/mol. The van der Waals surface area contributed by atoms with E-state index in [1.54, 1.807) is 6.33 Å². The lowest BCUT2D eigenvalue weighted by Gasteiger charge is -2.27. The molecule has 0 spiro atoms. The molecule has 1 aromatic heterocycles. The Hall–Kier alpha value is -1.36. The minimum absolute atomic E-state index is 0.375. The molecule has 19 heavy (non-hydrogen) atoms. The lowest BCUT2D eigenvalue weighted by molar-refractivity contribution is 0.344. The van der Waals surface area contributed by atoms with E-state index in [9.17, 15) is 0 Å². The fraction of sp³-hybridized carbons (Fsp3) is 0.714. The zero-order valence-corrected chi connectivity index (χ0v) is 13.0. The fourth-order valence-electron chi connectivity index (χ4n) is 2.08. The van der Waals surface area contributed by atoms with Crippen LogP contribution in [0.4, 0.5) is 11.6 Å². The predicted molar refractivity (Wildman–Crippen MR) is 81.8 cm³/mol. The van der Waals surface area contributed by atoms with Gasteiger partial charge in [-0.2, -0.15) is 0 Å². The zero-order valence-electron chi connectivity index (χ0n) is 13.0. The third kappa shape index (κ3) is 4.35. The number of anilines is 2. The molecule has 0 saturated heterocycles. The van der Waals surface area contributed by atoms with Crippen LogP contribution in [-0.4, -0.2) is 48.6 Å². The van der Waals surface area contributed by atoms with Crippen LogP contribution in [-0.2, 0) is 6.42 Å². The number of likely N-dealkylation sites (N-methyl/N-ethyl adjacent to an activating group) is 1. The first-order valence-corrected chi connectivity index (χ1v) is 6.92. The highest BCUT2D eigenvalue weighted by molar-refractivity contribution is 5.57. The molecular formula is C14H27N5. The molecule has 1 aromatic rings. The summed E-state index contributed by atoms with van der Waals surface area (Å²) in [7, 11) is 6.08. The average Bonchev–Trinajstić information content (AvgIpc) is 2.36. The molecule has 1 unspecified atom stereocenters. The highest BCUT2D eigenvalue weighted by Gasteiger charge is 2.17. The third-order valence-corrected chi connectivity index (χ3v) is 3.22. The maximum Gasteiger partial charge on any atom is 0.134 e. The summed E-state index contributed by atoms with van der Waals surface area (Å²) in [6.07, 6.45) is 2.52. The number of aromatic nitrogens is 2. The molecule has 0 aliphatic heterocycles. The molecule has 0 radical (unpaired) electrons. The number of hydrogen-bond donors (Lipinski definition) is 2. The summed E-state index contributed by atoms with van der Waals surface area (Å²) in [5.41, 5.74) is 1.15. The van der Waals surface area contributed by atoms with Gasteiger partial charge in [0, 0.05) is 25.2 Å². The topological polar surface area (TPSA) is 53.1 Å². The Morgan fingerprint density at radius 2 is 1.84 bits per heavy atom. The van der Waals surface area contributed by atoms with Crippen LogP contribution in [0.25, 0.3) is 0 Å². The molecule has 0 saturated carbocycles. The van der Waals surface area contributed by atoms with E-state index in [2.05, 4.69) is 60.4 Å². The summed E-state index contributed by atoms with van der Waals surface area (Å²) >= 11 is 0. The van der Waals surface area contributed by atoms with E-state index in [1.807, 2.05) is 7.05 Å². The summed E-state index contributed by atoms with van der Waals surface area (Å²) in [6, 6.07) is 0.375. The largest absolute Gasteiger partial charge is 0.373 e. The molecule has 0 aromatic carbocycles. The molecule has 5 heteroatoms. The normalized spacial score (nSPS) is 12.8. The first-order valence-electron chi connectivity index (χ1n) is 6.92. The SMILES string of the molecule is CCc1c(NC)ncnc1NC(CN(C)C)C(C)C. The van der Waals surface area contributed by atoms with Gasteiger partial charge in [-0.15, -0.1) is 0 Å². The van der Waals surface area contributed by atoms with Gasteiger partial charge in [0.05, 0.1) is 0 Å². The van der Waals surface area contributed by atoms with Crippen LogP contribution in [0.1, 0.15) is 26.3 Å². The van der Waals surface area contributed by atoms with E-state index < -0.39 is 0 Å². The van der Waals surface area contributed by atoms with E-state index in [-0.39, 0.29) is 0 Å². The van der Waals surface area contributed by atoms with Gasteiger partial charge in [0.2, 0.25) is 0 Å². The number of nitrogens with zero attached hydrogens (tertiary/aromatic N) is 3. The van der Waals surface area contributed by atoms with Crippen molar-refractivity contribution in [2.24, 2.45) is 5.92 Å². The van der Waals surface area contributed by atoms with Gasteiger partial charge < -0.3 is 15.5 Å². The first kappa shape index (κ1) is 15.7. The number of rotatable bonds is 7. The van der Waals surface area contributed by atoms with Gasteiger partial charge in [0.25, 0.3) is 0 Å². The molecule has 0 fully saturated rings. The maximum atomic E-state index is 4.41. The van der Waals surface area contributed by atoms with Gasteiger partial charge in [-0.3, -0.25) is 0 Å². The van der Waals surface area contributed by atoms with E-state index in [1.165, 1.54) is 0 Å². The van der Waals surface area contributed by atoms with Gasteiger partial charge in [-0.25, -0.2) is 9.97 Å². The molecule has 1 atom stereocenters. The van der Waals surface area contributed by atoms with Gasteiger partial charge in [-0.1, -0.05) is 20.8 Å². The lowest BCUT2D eigenvalue weighted by atomic mass is 10.0. The van der Waals surface area contributed by atoms with E-state index >= 15 is 0 Å². The molecule has 0 bridgehead atoms. The van der Waals surface area contributed by atoms with Crippen LogP contribution < -0.4 is 10.6 Å². The second-order valence-electron chi connectivity index (χ2n) is 5.41. The molecule has 0 aliphatic carbocycles. The van der Waals surface area contributed by atoms with Crippen molar-refractivity contribution in [3.8, 4) is 0 Å². The molecule has 108 valence electrons. The number of hydrogen-bond acceptors (Lipinski definition) is 5. The quantitative estimate of drug-likeness (QED) is 0.790. The second-order valence-corrected chi connectivity index (χ2v) is 5.41. The van der Waals surface area contributed by atoms with Crippen LogP contribution in [0.2, 0.25) is 0 Å². The summed E-state index contributed by atoms with van der Waals surface area (Å²) in [6.45, 7) is 7.57. The van der Waals surface area contributed by atoms with Gasteiger partial charge >= 0.3 is 0 Å². The molecular weight excluding hydrogens is 238 g/mol. The Morgan fingerprint density at radius 1 is 1.21 bits per heavy atom. The van der Waals surface area contributed by atoms with Crippen molar-refractivity contribution in [1.82, 2.24) is 14.9 Å². The van der Waals surface area contributed by atoms with Crippen LogP contribution >= 0.6 is 0 Å². The summed E-state index contributed by atoms with van der Waals surface area (Å²) < 4.78 is 0. The van der Waals surface area contributed by atoms with Crippen molar-refractivity contribution in [3.05, 3.63) is 11.9 Å². The van der Waals surface area contributed by atoms with Gasteiger partial charge in [0.15, 0.2) is 0 Å². The fourth-order valence-corrected chi connectivity index (χ4v) is 2.08. The minimum Gasteiger partial charge on any atom is -0.373 e. The second kappa shape index (κ2) is 7.28. The van der Waals surface area contributed by atoms with Crippen LogP contribution in [0, 0.1) is 5.92 Å². The molecule has 5 nitrogen and oxygen atoms in total.